The third-order valence-electron chi connectivity index (χ3n) is 4.80. The predicted molar refractivity (Wildman–Crippen MR) is 98.2 cm³/mol. The lowest BCUT2D eigenvalue weighted by Gasteiger charge is -2.38. The molecule has 1 amide bonds. The van der Waals surface area contributed by atoms with Crippen molar-refractivity contribution in [2.24, 2.45) is 0 Å². The third kappa shape index (κ3) is 3.51. The molecule has 2 heterocycles. The molecule has 0 N–H and O–H groups in total. The lowest BCUT2D eigenvalue weighted by atomic mass is 10.2. The van der Waals surface area contributed by atoms with Gasteiger partial charge in [-0.2, -0.15) is 0 Å². The molecule has 0 spiro atoms. The van der Waals surface area contributed by atoms with Crippen LogP contribution in [0.5, 0.6) is 11.5 Å². The SMILES string of the molecule is O=C([C@H]1COc2ccccc2O1)N1CCN(c2ccc([N+](=O)[O-])cc2)CC1. The molecule has 0 unspecified atom stereocenters. The Bertz CT molecular complexity index is 847. The molecule has 0 aromatic heterocycles. The molecule has 140 valence electrons. The predicted octanol–water partition coefficient (Wildman–Crippen LogP) is 2.08. The highest BCUT2D eigenvalue weighted by molar-refractivity contribution is 5.82. The largest absolute Gasteiger partial charge is 0.485 e. The number of carbonyl (C=O) groups is 1. The van der Waals surface area contributed by atoms with Gasteiger partial charge in [0.15, 0.2) is 11.5 Å². The summed E-state index contributed by atoms with van der Waals surface area (Å²) in [6.45, 7) is 2.66. The summed E-state index contributed by atoms with van der Waals surface area (Å²) >= 11 is 0. The molecule has 1 saturated heterocycles. The van der Waals surface area contributed by atoms with Gasteiger partial charge in [0.05, 0.1) is 4.92 Å². The summed E-state index contributed by atoms with van der Waals surface area (Å²) in [6.07, 6.45) is -0.633. The van der Waals surface area contributed by atoms with Gasteiger partial charge >= 0.3 is 0 Å². The number of para-hydroxylation sites is 2. The molecule has 0 saturated carbocycles. The zero-order valence-corrected chi connectivity index (χ0v) is 14.6. The maximum Gasteiger partial charge on any atom is 0.269 e. The second-order valence-corrected chi connectivity index (χ2v) is 6.45. The Hall–Kier alpha value is -3.29. The van der Waals surface area contributed by atoms with Gasteiger partial charge in [-0.25, -0.2) is 0 Å². The number of benzene rings is 2. The molecule has 0 aliphatic carbocycles. The molecule has 1 atom stereocenters. The number of nitro groups is 1. The van der Waals surface area contributed by atoms with Crippen LogP contribution in [0.25, 0.3) is 0 Å². The fourth-order valence-corrected chi connectivity index (χ4v) is 3.32. The highest BCUT2D eigenvalue weighted by Crippen LogP contribution is 2.31. The Morgan fingerprint density at radius 3 is 2.33 bits per heavy atom. The number of rotatable bonds is 3. The minimum atomic E-state index is -0.633. The van der Waals surface area contributed by atoms with Crippen LogP contribution >= 0.6 is 0 Å². The van der Waals surface area contributed by atoms with Crippen molar-refractivity contribution in [1.29, 1.82) is 0 Å². The third-order valence-corrected chi connectivity index (χ3v) is 4.80. The van der Waals surface area contributed by atoms with E-state index in [-0.39, 0.29) is 18.2 Å². The van der Waals surface area contributed by atoms with E-state index in [1.54, 1.807) is 23.1 Å². The van der Waals surface area contributed by atoms with Crippen molar-refractivity contribution in [2.45, 2.75) is 6.10 Å². The lowest BCUT2D eigenvalue weighted by molar-refractivity contribution is -0.384. The zero-order valence-electron chi connectivity index (χ0n) is 14.6. The number of nitrogens with zero attached hydrogens (tertiary/aromatic N) is 3. The van der Waals surface area contributed by atoms with E-state index in [4.69, 9.17) is 9.47 Å². The van der Waals surface area contributed by atoms with Crippen LogP contribution < -0.4 is 14.4 Å². The molecule has 8 heteroatoms. The monoisotopic (exact) mass is 369 g/mol. The van der Waals surface area contributed by atoms with E-state index in [9.17, 15) is 14.9 Å². The normalized spacial score (nSPS) is 18.9. The summed E-state index contributed by atoms with van der Waals surface area (Å²) in [5.74, 6) is 1.17. The second-order valence-electron chi connectivity index (χ2n) is 6.45. The highest BCUT2D eigenvalue weighted by Gasteiger charge is 2.32. The number of hydrogen-bond donors (Lipinski definition) is 0. The summed E-state index contributed by atoms with van der Waals surface area (Å²) < 4.78 is 11.4. The minimum Gasteiger partial charge on any atom is -0.485 e. The van der Waals surface area contributed by atoms with Crippen molar-refractivity contribution in [3.63, 3.8) is 0 Å². The zero-order chi connectivity index (χ0) is 18.8. The quantitative estimate of drug-likeness (QED) is 0.608. The first-order chi connectivity index (χ1) is 13.1. The van der Waals surface area contributed by atoms with Crippen LogP contribution in [0.2, 0.25) is 0 Å². The Balaban J connectivity index is 1.35. The fourth-order valence-electron chi connectivity index (χ4n) is 3.32. The van der Waals surface area contributed by atoms with Gasteiger partial charge in [0.2, 0.25) is 6.10 Å². The number of hydrogen-bond acceptors (Lipinski definition) is 6. The maximum atomic E-state index is 12.8. The van der Waals surface area contributed by atoms with Crippen molar-refractivity contribution >= 4 is 17.3 Å². The number of fused-ring (bicyclic) bond motifs is 1. The average Bonchev–Trinajstić information content (AvgIpc) is 2.73. The molecule has 27 heavy (non-hydrogen) atoms. The van der Waals surface area contributed by atoms with Crippen molar-refractivity contribution < 1.29 is 19.2 Å². The molecular formula is C19H19N3O5. The number of piperazine rings is 1. The molecule has 2 aliphatic rings. The van der Waals surface area contributed by atoms with Crippen molar-refractivity contribution in [3.8, 4) is 11.5 Å². The summed E-state index contributed by atoms with van der Waals surface area (Å²) in [6, 6.07) is 13.8. The molecule has 2 aromatic carbocycles. The van der Waals surface area contributed by atoms with Crippen LogP contribution in [-0.4, -0.2) is 54.6 Å². The maximum absolute atomic E-state index is 12.8. The number of amides is 1. The summed E-state index contributed by atoms with van der Waals surface area (Å²) in [4.78, 5) is 27.0. The number of anilines is 1. The molecule has 8 nitrogen and oxygen atoms in total. The van der Waals surface area contributed by atoms with Crippen LogP contribution in [0.3, 0.4) is 0 Å². The van der Waals surface area contributed by atoms with Gasteiger partial charge in [-0.1, -0.05) is 12.1 Å². The summed E-state index contributed by atoms with van der Waals surface area (Å²) in [5, 5.41) is 10.8. The fraction of sp³-hybridized carbons (Fsp3) is 0.316. The van der Waals surface area contributed by atoms with E-state index in [0.29, 0.717) is 37.7 Å². The molecular weight excluding hydrogens is 350 g/mol. The van der Waals surface area contributed by atoms with Gasteiger partial charge in [-0.15, -0.1) is 0 Å². The van der Waals surface area contributed by atoms with E-state index in [0.717, 1.165) is 5.69 Å². The molecule has 0 radical (unpaired) electrons. The summed E-state index contributed by atoms with van der Waals surface area (Å²) in [7, 11) is 0. The Morgan fingerprint density at radius 1 is 1.00 bits per heavy atom. The first kappa shape index (κ1) is 17.1. The smallest absolute Gasteiger partial charge is 0.269 e. The second kappa shape index (κ2) is 7.14. The Kier molecular flexibility index (Phi) is 4.53. The van der Waals surface area contributed by atoms with E-state index in [1.165, 1.54) is 12.1 Å². The topological polar surface area (TPSA) is 85.2 Å². The van der Waals surface area contributed by atoms with Crippen LogP contribution in [-0.2, 0) is 4.79 Å². The van der Waals surface area contributed by atoms with Gasteiger partial charge < -0.3 is 19.3 Å². The van der Waals surface area contributed by atoms with Crippen LogP contribution in [0.15, 0.2) is 48.5 Å². The van der Waals surface area contributed by atoms with Crippen LogP contribution in [0.1, 0.15) is 0 Å². The molecule has 2 aromatic rings. The molecule has 0 bridgehead atoms. The summed E-state index contributed by atoms with van der Waals surface area (Å²) in [5.41, 5.74) is 0.987. The standard InChI is InChI=1S/C19H19N3O5/c23-19(18-13-26-16-3-1-2-4-17(16)27-18)21-11-9-20(10-12-21)14-5-7-15(8-6-14)22(24)25/h1-8,18H,9-13H2/t18-/m1/s1. The molecule has 4 rings (SSSR count). The first-order valence-electron chi connectivity index (χ1n) is 8.78. The van der Waals surface area contributed by atoms with Gasteiger partial charge in [-0.05, 0) is 24.3 Å². The number of carbonyl (C=O) groups excluding carboxylic acids is 1. The van der Waals surface area contributed by atoms with E-state index < -0.39 is 11.0 Å². The van der Waals surface area contributed by atoms with Crippen molar-refractivity contribution in [3.05, 3.63) is 58.6 Å². The minimum absolute atomic E-state index is 0.0716. The van der Waals surface area contributed by atoms with Gasteiger partial charge in [0.25, 0.3) is 11.6 Å². The first-order valence-corrected chi connectivity index (χ1v) is 8.78. The van der Waals surface area contributed by atoms with E-state index in [2.05, 4.69) is 4.90 Å². The molecule has 1 fully saturated rings. The lowest BCUT2D eigenvalue weighted by Crippen LogP contribution is -2.54. The van der Waals surface area contributed by atoms with Gasteiger partial charge in [0.1, 0.15) is 6.61 Å². The molecule has 2 aliphatic heterocycles. The highest BCUT2D eigenvalue weighted by atomic mass is 16.6. The Labute approximate surface area is 156 Å². The average molecular weight is 369 g/mol. The van der Waals surface area contributed by atoms with E-state index in [1.807, 2.05) is 18.2 Å². The van der Waals surface area contributed by atoms with Gasteiger partial charge in [-0.3, -0.25) is 14.9 Å². The van der Waals surface area contributed by atoms with Crippen LogP contribution in [0, 0.1) is 10.1 Å². The van der Waals surface area contributed by atoms with Crippen LogP contribution in [0.4, 0.5) is 11.4 Å². The Morgan fingerprint density at radius 2 is 1.67 bits per heavy atom. The number of non-ortho nitro benzene ring substituents is 1. The number of nitro benzene ring substituents is 1. The van der Waals surface area contributed by atoms with Crippen molar-refractivity contribution in [1.82, 2.24) is 4.90 Å². The van der Waals surface area contributed by atoms with E-state index >= 15 is 0 Å². The number of ether oxygens (including phenoxy) is 2. The van der Waals surface area contributed by atoms with Gasteiger partial charge in [0, 0.05) is 44.0 Å². The van der Waals surface area contributed by atoms with Crippen molar-refractivity contribution in [2.75, 3.05) is 37.7 Å².